The van der Waals surface area contributed by atoms with Crippen LogP contribution < -0.4 is 0 Å². The van der Waals surface area contributed by atoms with Crippen LogP contribution in [0.15, 0.2) is 11.6 Å². The zero-order chi connectivity index (χ0) is 18.8. The van der Waals surface area contributed by atoms with Crippen LogP contribution in [-0.4, -0.2) is 11.1 Å². The lowest BCUT2D eigenvalue weighted by atomic mass is 9.88. The second-order valence-corrected chi connectivity index (χ2v) is 7.65. The molecule has 0 aliphatic carbocycles. The van der Waals surface area contributed by atoms with Gasteiger partial charge in [-0.2, -0.15) is 0 Å². The van der Waals surface area contributed by atoms with Crippen molar-refractivity contribution in [1.29, 1.82) is 0 Å². The van der Waals surface area contributed by atoms with E-state index in [4.69, 9.17) is 0 Å². The van der Waals surface area contributed by atoms with Gasteiger partial charge < -0.3 is 5.11 Å². The van der Waals surface area contributed by atoms with Crippen molar-refractivity contribution >= 4 is 5.97 Å². The largest absolute Gasteiger partial charge is 0.478 e. The van der Waals surface area contributed by atoms with Crippen molar-refractivity contribution in [2.24, 2.45) is 5.92 Å². The Morgan fingerprint density at radius 2 is 1.28 bits per heavy atom. The quantitative estimate of drug-likeness (QED) is 0.201. The molecule has 0 rings (SSSR count). The number of aliphatic carboxylic acids is 1. The fraction of sp³-hybridized carbons (Fsp3) is 0.870. The fourth-order valence-electron chi connectivity index (χ4n) is 3.47. The lowest BCUT2D eigenvalue weighted by Gasteiger charge is -2.17. The van der Waals surface area contributed by atoms with E-state index in [1.54, 1.807) is 0 Å². The molecule has 0 aromatic rings. The second-order valence-electron chi connectivity index (χ2n) is 7.65. The average Bonchev–Trinajstić information content (AvgIpc) is 2.60. The molecule has 25 heavy (non-hydrogen) atoms. The first-order chi connectivity index (χ1) is 12.2. The van der Waals surface area contributed by atoms with Gasteiger partial charge in [0.05, 0.1) is 0 Å². The summed E-state index contributed by atoms with van der Waals surface area (Å²) in [5.74, 6) is -0.134. The van der Waals surface area contributed by atoms with E-state index in [1.165, 1.54) is 83.5 Å². The first-order valence-corrected chi connectivity index (χ1v) is 11.1. The van der Waals surface area contributed by atoms with Crippen molar-refractivity contribution in [3.05, 3.63) is 11.6 Å². The Bertz CT molecular complexity index is 333. The van der Waals surface area contributed by atoms with Crippen LogP contribution in [0.2, 0.25) is 0 Å². The van der Waals surface area contributed by atoms with Crippen molar-refractivity contribution in [3.63, 3.8) is 0 Å². The van der Waals surface area contributed by atoms with Gasteiger partial charge in [0.15, 0.2) is 0 Å². The first kappa shape index (κ1) is 24.2. The molecule has 0 bridgehead atoms. The van der Waals surface area contributed by atoms with Gasteiger partial charge in [0.1, 0.15) is 0 Å². The molecular formula is C23H44O2. The van der Waals surface area contributed by atoms with Crippen molar-refractivity contribution in [2.75, 3.05) is 0 Å². The Balaban J connectivity index is 4.32. The molecule has 1 atom stereocenters. The zero-order valence-electron chi connectivity index (χ0n) is 17.3. The monoisotopic (exact) mass is 352 g/mol. The third-order valence-corrected chi connectivity index (χ3v) is 5.16. The fourth-order valence-corrected chi connectivity index (χ4v) is 3.47. The minimum atomic E-state index is -0.693. The lowest BCUT2D eigenvalue weighted by Crippen LogP contribution is -2.09. The van der Waals surface area contributed by atoms with Crippen molar-refractivity contribution in [2.45, 2.75) is 124 Å². The molecule has 0 saturated heterocycles. The Morgan fingerprint density at radius 1 is 0.760 bits per heavy atom. The molecule has 1 unspecified atom stereocenters. The number of hydrogen-bond donors (Lipinski definition) is 1. The smallest absolute Gasteiger partial charge is 0.331 e. The SMILES string of the molecule is CCCCCCCC/C=C(\CC(CCCC)CCCCCC)C(=O)O. The molecule has 0 fully saturated rings. The van der Waals surface area contributed by atoms with Gasteiger partial charge in [-0.1, -0.05) is 110 Å². The minimum Gasteiger partial charge on any atom is -0.478 e. The Hall–Kier alpha value is -0.790. The summed E-state index contributed by atoms with van der Waals surface area (Å²) in [7, 11) is 0. The number of carboxylic acids is 1. The lowest BCUT2D eigenvalue weighted by molar-refractivity contribution is -0.133. The summed E-state index contributed by atoms with van der Waals surface area (Å²) < 4.78 is 0. The standard InChI is InChI=1S/C23H44O2/c1-4-7-10-12-13-14-16-19-22(23(24)25)20-21(17-9-6-3)18-15-11-8-5-2/h19,21H,4-18,20H2,1-3H3,(H,24,25)/b22-19+. The van der Waals surface area contributed by atoms with Crippen LogP contribution in [-0.2, 0) is 4.79 Å². The highest BCUT2D eigenvalue weighted by atomic mass is 16.4. The Kier molecular flexibility index (Phi) is 17.4. The molecule has 2 heteroatoms. The van der Waals surface area contributed by atoms with Crippen LogP contribution >= 0.6 is 0 Å². The van der Waals surface area contributed by atoms with Gasteiger partial charge in [-0.25, -0.2) is 4.79 Å². The summed E-state index contributed by atoms with van der Waals surface area (Å²) in [5.41, 5.74) is 0.671. The van der Waals surface area contributed by atoms with E-state index in [-0.39, 0.29) is 0 Å². The van der Waals surface area contributed by atoms with E-state index < -0.39 is 5.97 Å². The van der Waals surface area contributed by atoms with Gasteiger partial charge in [-0.05, 0) is 25.2 Å². The van der Waals surface area contributed by atoms with Crippen LogP contribution in [0.4, 0.5) is 0 Å². The molecule has 148 valence electrons. The van der Waals surface area contributed by atoms with E-state index in [9.17, 15) is 9.90 Å². The molecule has 2 nitrogen and oxygen atoms in total. The molecule has 0 amide bonds. The summed E-state index contributed by atoms with van der Waals surface area (Å²) in [6, 6.07) is 0. The molecule has 1 N–H and O–H groups in total. The Morgan fingerprint density at radius 3 is 1.88 bits per heavy atom. The first-order valence-electron chi connectivity index (χ1n) is 11.1. The van der Waals surface area contributed by atoms with Crippen LogP contribution in [0, 0.1) is 5.92 Å². The third kappa shape index (κ3) is 15.2. The second kappa shape index (κ2) is 18.0. The number of rotatable bonds is 18. The van der Waals surface area contributed by atoms with Crippen molar-refractivity contribution in [3.8, 4) is 0 Å². The normalized spacial score (nSPS) is 13.2. The number of carbonyl (C=O) groups is 1. The van der Waals surface area contributed by atoms with Gasteiger partial charge in [0.25, 0.3) is 0 Å². The average molecular weight is 353 g/mol. The van der Waals surface area contributed by atoms with Crippen LogP contribution in [0.3, 0.4) is 0 Å². The molecule has 0 saturated carbocycles. The van der Waals surface area contributed by atoms with Gasteiger partial charge in [-0.15, -0.1) is 0 Å². The minimum absolute atomic E-state index is 0.559. The molecular weight excluding hydrogens is 308 g/mol. The van der Waals surface area contributed by atoms with Gasteiger partial charge in [0, 0.05) is 5.57 Å². The maximum Gasteiger partial charge on any atom is 0.331 e. The molecule has 0 aliphatic heterocycles. The number of carboxylic acid groups (broad SMARTS) is 1. The van der Waals surface area contributed by atoms with Gasteiger partial charge in [-0.3, -0.25) is 0 Å². The highest BCUT2D eigenvalue weighted by molar-refractivity contribution is 5.86. The van der Waals surface area contributed by atoms with Crippen LogP contribution in [0.25, 0.3) is 0 Å². The predicted molar refractivity (Wildman–Crippen MR) is 110 cm³/mol. The third-order valence-electron chi connectivity index (χ3n) is 5.16. The summed E-state index contributed by atoms with van der Waals surface area (Å²) in [4.78, 5) is 11.6. The summed E-state index contributed by atoms with van der Waals surface area (Å²) in [5, 5.41) is 9.56. The molecule has 0 radical (unpaired) electrons. The highest BCUT2D eigenvalue weighted by Gasteiger charge is 2.15. The summed E-state index contributed by atoms with van der Waals surface area (Å²) in [6.07, 6.45) is 21.3. The van der Waals surface area contributed by atoms with Gasteiger partial charge in [0.2, 0.25) is 0 Å². The molecule has 0 aliphatic rings. The van der Waals surface area contributed by atoms with Crippen LogP contribution in [0.1, 0.15) is 124 Å². The van der Waals surface area contributed by atoms with E-state index in [0.29, 0.717) is 11.5 Å². The van der Waals surface area contributed by atoms with E-state index >= 15 is 0 Å². The molecule has 0 aromatic carbocycles. The zero-order valence-corrected chi connectivity index (χ0v) is 17.3. The van der Waals surface area contributed by atoms with E-state index in [2.05, 4.69) is 20.8 Å². The summed E-state index contributed by atoms with van der Waals surface area (Å²) in [6.45, 7) is 6.70. The number of unbranched alkanes of at least 4 members (excludes halogenated alkanes) is 10. The summed E-state index contributed by atoms with van der Waals surface area (Å²) >= 11 is 0. The topological polar surface area (TPSA) is 37.3 Å². The van der Waals surface area contributed by atoms with Gasteiger partial charge >= 0.3 is 5.97 Å². The Labute approximate surface area is 157 Å². The maximum atomic E-state index is 11.6. The molecule has 0 spiro atoms. The number of allylic oxidation sites excluding steroid dienone is 1. The predicted octanol–water partition coefficient (Wildman–Crippen LogP) is 7.91. The molecule has 0 aromatic heterocycles. The van der Waals surface area contributed by atoms with Crippen LogP contribution in [0.5, 0.6) is 0 Å². The molecule has 0 heterocycles. The maximum absolute atomic E-state index is 11.6. The number of hydrogen-bond acceptors (Lipinski definition) is 1. The van der Waals surface area contributed by atoms with Crippen molar-refractivity contribution in [1.82, 2.24) is 0 Å². The van der Waals surface area contributed by atoms with E-state index in [0.717, 1.165) is 19.3 Å². The van der Waals surface area contributed by atoms with Crippen molar-refractivity contribution < 1.29 is 9.90 Å². The van der Waals surface area contributed by atoms with E-state index in [1.807, 2.05) is 6.08 Å². The highest BCUT2D eigenvalue weighted by Crippen LogP contribution is 2.25.